The fraction of sp³-hybridized carbons (Fsp3) is 0.346. The van der Waals surface area contributed by atoms with Crippen molar-refractivity contribution < 1.29 is 9.18 Å². The van der Waals surface area contributed by atoms with Gasteiger partial charge in [0.15, 0.2) is 5.82 Å². The number of halogens is 1. The molecule has 0 spiro atoms. The molecule has 1 amide bonds. The summed E-state index contributed by atoms with van der Waals surface area (Å²) in [5.41, 5.74) is 4.09. The average Bonchev–Trinajstić information content (AvgIpc) is 2.85. The number of rotatable bonds is 6. The van der Waals surface area contributed by atoms with Crippen molar-refractivity contribution in [1.29, 1.82) is 0 Å². The summed E-state index contributed by atoms with van der Waals surface area (Å²) in [6, 6.07) is 16.6. The van der Waals surface area contributed by atoms with Crippen LogP contribution in [0.4, 0.5) is 10.2 Å². The molecular weight excluding hydrogens is 403 g/mol. The number of carbonyl (C=O) groups is 1. The first-order chi connectivity index (χ1) is 15.6. The Kier molecular flexibility index (Phi) is 6.78. The molecule has 4 rings (SSSR count). The molecule has 0 radical (unpaired) electrons. The van der Waals surface area contributed by atoms with Crippen LogP contribution in [0.3, 0.4) is 0 Å². The maximum atomic E-state index is 13.4. The zero-order chi connectivity index (χ0) is 22.5. The third kappa shape index (κ3) is 4.79. The minimum absolute atomic E-state index is 0.193. The Morgan fingerprint density at radius 1 is 0.938 bits per heavy atom. The molecule has 2 aromatic carbocycles. The first-order valence-electron chi connectivity index (χ1n) is 11.3. The Hall–Kier alpha value is -3.28. The zero-order valence-corrected chi connectivity index (χ0v) is 18.7. The van der Waals surface area contributed by atoms with E-state index in [0.717, 1.165) is 47.7 Å². The van der Waals surface area contributed by atoms with Crippen molar-refractivity contribution in [2.75, 3.05) is 31.1 Å². The number of aromatic nitrogens is 2. The van der Waals surface area contributed by atoms with Gasteiger partial charge in [-0.3, -0.25) is 4.79 Å². The van der Waals surface area contributed by atoms with Crippen LogP contribution in [0.15, 0.2) is 54.6 Å². The SMILES string of the molecule is CCC(=O)N1CCN(c2nc(-c3ccccc3)nc(CC)c2Cc2ccc(F)cc2)CC1. The second kappa shape index (κ2) is 9.90. The number of benzene rings is 2. The molecule has 1 aliphatic rings. The van der Waals surface area contributed by atoms with Crippen LogP contribution in [-0.4, -0.2) is 47.0 Å². The predicted molar refractivity (Wildman–Crippen MR) is 125 cm³/mol. The summed E-state index contributed by atoms with van der Waals surface area (Å²) in [6.45, 7) is 6.85. The van der Waals surface area contributed by atoms with Gasteiger partial charge in [-0.1, -0.05) is 56.3 Å². The van der Waals surface area contributed by atoms with Crippen LogP contribution in [0.1, 0.15) is 37.1 Å². The van der Waals surface area contributed by atoms with Crippen molar-refractivity contribution in [3.8, 4) is 11.4 Å². The summed E-state index contributed by atoms with van der Waals surface area (Å²) in [5.74, 6) is 1.59. The third-order valence-corrected chi connectivity index (χ3v) is 5.97. The highest BCUT2D eigenvalue weighted by atomic mass is 19.1. The van der Waals surface area contributed by atoms with Gasteiger partial charge in [0.1, 0.15) is 11.6 Å². The van der Waals surface area contributed by atoms with E-state index in [-0.39, 0.29) is 11.7 Å². The molecule has 32 heavy (non-hydrogen) atoms. The number of nitrogens with zero attached hydrogens (tertiary/aromatic N) is 4. The highest BCUT2D eigenvalue weighted by Crippen LogP contribution is 2.29. The Labute approximate surface area is 188 Å². The van der Waals surface area contributed by atoms with Crippen LogP contribution >= 0.6 is 0 Å². The molecule has 1 aromatic heterocycles. The van der Waals surface area contributed by atoms with E-state index in [1.807, 2.05) is 54.3 Å². The average molecular weight is 433 g/mol. The van der Waals surface area contributed by atoms with Crippen molar-refractivity contribution in [2.45, 2.75) is 33.1 Å². The minimum atomic E-state index is -0.239. The second-order valence-electron chi connectivity index (χ2n) is 8.04. The molecule has 0 bridgehead atoms. The standard InChI is InChI=1S/C26H29FN4O/c1-3-23-22(18-19-10-12-21(27)13-11-19)26(29-25(28-23)20-8-6-5-7-9-20)31-16-14-30(15-17-31)24(32)4-2/h5-13H,3-4,14-18H2,1-2H3. The highest BCUT2D eigenvalue weighted by molar-refractivity contribution is 5.76. The molecule has 0 saturated carbocycles. The van der Waals surface area contributed by atoms with Crippen LogP contribution in [0.2, 0.25) is 0 Å². The molecule has 0 atom stereocenters. The van der Waals surface area contributed by atoms with Gasteiger partial charge in [0.05, 0.1) is 0 Å². The molecule has 0 aliphatic carbocycles. The van der Waals surface area contributed by atoms with Crippen molar-refractivity contribution in [1.82, 2.24) is 14.9 Å². The minimum Gasteiger partial charge on any atom is -0.353 e. The number of aryl methyl sites for hydroxylation is 1. The molecule has 3 aromatic rings. The van der Waals surface area contributed by atoms with Gasteiger partial charge in [-0.25, -0.2) is 14.4 Å². The fourth-order valence-electron chi connectivity index (χ4n) is 4.17. The Morgan fingerprint density at radius 2 is 1.62 bits per heavy atom. The van der Waals surface area contributed by atoms with Gasteiger partial charge in [-0.2, -0.15) is 0 Å². The highest BCUT2D eigenvalue weighted by Gasteiger charge is 2.25. The lowest BCUT2D eigenvalue weighted by Crippen LogP contribution is -2.49. The summed E-state index contributed by atoms with van der Waals surface area (Å²) in [4.78, 5) is 26.3. The van der Waals surface area contributed by atoms with Crippen LogP contribution in [-0.2, 0) is 17.6 Å². The lowest BCUT2D eigenvalue weighted by Gasteiger charge is -2.36. The molecule has 0 unspecified atom stereocenters. The number of hydrogen-bond donors (Lipinski definition) is 0. The van der Waals surface area contributed by atoms with E-state index in [1.54, 1.807) is 0 Å². The summed E-state index contributed by atoms with van der Waals surface area (Å²) in [5, 5.41) is 0. The monoisotopic (exact) mass is 432 g/mol. The Bertz CT molecular complexity index is 1060. The van der Waals surface area contributed by atoms with Crippen LogP contribution in [0.25, 0.3) is 11.4 Å². The van der Waals surface area contributed by atoms with Gasteiger partial charge in [0.2, 0.25) is 5.91 Å². The van der Waals surface area contributed by atoms with E-state index in [2.05, 4.69) is 11.8 Å². The zero-order valence-electron chi connectivity index (χ0n) is 18.7. The van der Waals surface area contributed by atoms with Gasteiger partial charge in [0.25, 0.3) is 0 Å². The van der Waals surface area contributed by atoms with E-state index in [1.165, 1.54) is 12.1 Å². The number of amides is 1. The van der Waals surface area contributed by atoms with Crippen LogP contribution in [0, 0.1) is 5.82 Å². The van der Waals surface area contributed by atoms with Crippen molar-refractivity contribution in [3.63, 3.8) is 0 Å². The topological polar surface area (TPSA) is 49.3 Å². The predicted octanol–water partition coefficient (Wildman–Crippen LogP) is 4.49. The number of carbonyl (C=O) groups excluding carboxylic acids is 1. The number of hydrogen-bond acceptors (Lipinski definition) is 4. The molecular formula is C26H29FN4O. The van der Waals surface area contributed by atoms with Gasteiger partial charge in [-0.05, 0) is 24.1 Å². The Balaban J connectivity index is 1.73. The molecule has 2 heterocycles. The molecule has 1 fully saturated rings. The largest absolute Gasteiger partial charge is 0.353 e. The third-order valence-electron chi connectivity index (χ3n) is 5.97. The van der Waals surface area contributed by atoms with Gasteiger partial charge in [0, 0.05) is 55.8 Å². The molecule has 1 saturated heterocycles. The maximum Gasteiger partial charge on any atom is 0.222 e. The Morgan fingerprint density at radius 3 is 2.25 bits per heavy atom. The van der Waals surface area contributed by atoms with Gasteiger partial charge < -0.3 is 9.80 Å². The normalized spacial score (nSPS) is 14.0. The fourth-order valence-corrected chi connectivity index (χ4v) is 4.17. The van der Waals surface area contributed by atoms with Crippen molar-refractivity contribution in [2.24, 2.45) is 0 Å². The van der Waals surface area contributed by atoms with Gasteiger partial charge in [-0.15, -0.1) is 0 Å². The lowest BCUT2D eigenvalue weighted by molar-refractivity contribution is -0.131. The smallest absolute Gasteiger partial charge is 0.222 e. The molecule has 166 valence electrons. The van der Waals surface area contributed by atoms with Crippen LogP contribution < -0.4 is 4.90 Å². The van der Waals surface area contributed by atoms with Crippen LogP contribution in [0.5, 0.6) is 0 Å². The number of piperazine rings is 1. The maximum absolute atomic E-state index is 13.4. The lowest BCUT2D eigenvalue weighted by atomic mass is 10.0. The summed E-state index contributed by atoms with van der Waals surface area (Å²) < 4.78 is 13.4. The molecule has 0 N–H and O–H groups in total. The number of anilines is 1. The second-order valence-corrected chi connectivity index (χ2v) is 8.04. The van der Waals surface area contributed by atoms with E-state index in [4.69, 9.17) is 9.97 Å². The summed E-state index contributed by atoms with van der Waals surface area (Å²) >= 11 is 0. The first kappa shape index (κ1) is 21.9. The van der Waals surface area contributed by atoms with E-state index >= 15 is 0 Å². The molecule has 6 heteroatoms. The van der Waals surface area contributed by atoms with E-state index < -0.39 is 0 Å². The summed E-state index contributed by atoms with van der Waals surface area (Å²) in [7, 11) is 0. The first-order valence-corrected chi connectivity index (χ1v) is 11.3. The van der Waals surface area contributed by atoms with Crippen molar-refractivity contribution >= 4 is 11.7 Å². The van der Waals surface area contributed by atoms with E-state index in [9.17, 15) is 9.18 Å². The molecule has 1 aliphatic heterocycles. The van der Waals surface area contributed by atoms with Crippen molar-refractivity contribution in [3.05, 3.63) is 77.2 Å². The quantitative estimate of drug-likeness (QED) is 0.576. The van der Waals surface area contributed by atoms with E-state index in [0.29, 0.717) is 31.8 Å². The van der Waals surface area contributed by atoms with Gasteiger partial charge >= 0.3 is 0 Å². The summed E-state index contributed by atoms with van der Waals surface area (Å²) in [6.07, 6.45) is 1.95. The molecule has 5 nitrogen and oxygen atoms in total.